The summed E-state index contributed by atoms with van der Waals surface area (Å²) in [4.78, 5) is 8.34. The van der Waals surface area contributed by atoms with E-state index in [-0.39, 0.29) is 0 Å². The van der Waals surface area contributed by atoms with Crippen LogP contribution in [0.4, 0.5) is 11.6 Å². The molecule has 1 aromatic carbocycles. The second kappa shape index (κ2) is 5.46. The number of hydrogen-bond donors (Lipinski definition) is 1. The lowest BCUT2D eigenvalue weighted by Gasteiger charge is -2.08. The van der Waals surface area contributed by atoms with Crippen LogP contribution in [0, 0.1) is 18.3 Å². The van der Waals surface area contributed by atoms with Crippen LogP contribution in [0.15, 0.2) is 33.2 Å². The number of nitrogens with zero attached hydrogens (tertiary/aromatic N) is 3. The number of rotatable bonds is 2. The first-order valence-corrected chi connectivity index (χ1v) is 6.65. The van der Waals surface area contributed by atoms with E-state index < -0.39 is 0 Å². The number of aromatic nitrogens is 2. The first-order valence-electron chi connectivity index (χ1n) is 5.06. The van der Waals surface area contributed by atoms with E-state index >= 15 is 0 Å². The fraction of sp³-hybridized carbons (Fsp3) is 0.0833. The minimum atomic E-state index is 0.344. The van der Waals surface area contributed by atoms with Gasteiger partial charge in [0.05, 0.1) is 5.69 Å². The normalized spacial score (nSPS) is 9.89. The summed E-state index contributed by atoms with van der Waals surface area (Å²) in [5.41, 5.74) is 1.92. The van der Waals surface area contributed by atoms with Crippen LogP contribution in [0.2, 0.25) is 0 Å². The summed E-state index contributed by atoms with van der Waals surface area (Å²) in [7, 11) is 0. The maximum Gasteiger partial charge on any atom is 0.228 e. The smallest absolute Gasteiger partial charge is 0.228 e. The molecule has 0 aliphatic carbocycles. The molecule has 0 aliphatic heterocycles. The van der Waals surface area contributed by atoms with Crippen LogP contribution >= 0.6 is 31.9 Å². The van der Waals surface area contributed by atoms with E-state index in [1.54, 1.807) is 6.07 Å². The van der Waals surface area contributed by atoms with Crippen molar-refractivity contribution in [2.24, 2.45) is 0 Å². The first kappa shape index (κ1) is 13.0. The predicted octanol–water partition coefficient (Wildman–Crippen LogP) is 3.93. The summed E-state index contributed by atoms with van der Waals surface area (Å²) in [6.07, 6.45) is 0. The summed E-state index contributed by atoms with van der Waals surface area (Å²) in [5, 5.41) is 11.9. The largest absolute Gasteiger partial charge is 0.323 e. The number of hydrogen-bond acceptors (Lipinski definition) is 4. The third-order valence-electron chi connectivity index (χ3n) is 2.14. The molecule has 4 nitrogen and oxygen atoms in total. The van der Waals surface area contributed by atoms with Gasteiger partial charge in [-0.25, -0.2) is 9.97 Å². The molecule has 0 atom stereocenters. The monoisotopic (exact) mass is 366 g/mol. The average molecular weight is 368 g/mol. The Labute approximate surface area is 121 Å². The van der Waals surface area contributed by atoms with Crippen LogP contribution in [0.25, 0.3) is 0 Å². The molecule has 1 aromatic heterocycles. The molecule has 0 unspecified atom stereocenters. The number of aryl methyl sites for hydroxylation is 1. The maximum absolute atomic E-state index is 8.87. The number of nitriles is 1. The van der Waals surface area contributed by atoms with Gasteiger partial charge >= 0.3 is 0 Å². The van der Waals surface area contributed by atoms with Crippen molar-refractivity contribution in [1.82, 2.24) is 9.97 Å². The van der Waals surface area contributed by atoms with E-state index in [0.29, 0.717) is 11.6 Å². The van der Waals surface area contributed by atoms with Crippen molar-refractivity contribution in [3.05, 3.63) is 44.6 Å². The quantitative estimate of drug-likeness (QED) is 0.873. The standard InChI is InChI=1S/C12H8Br2N4/c1-7-4-9(6-15)17-12(16-7)18-11-5-8(13)2-3-10(11)14/h2-5H,1H3,(H,16,17,18). The van der Waals surface area contributed by atoms with E-state index in [9.17, 15) is 0 Å². The molecule has 2 aromatic rings. The zero-order valence-corrected chi connectivity index (χ0v) is 12.6. The van der Waals surface area contributed by atoms with Crippen molar-refractivity contribution >= 4 is 43.5 Å². The van der Waals surface area contributed by atoms with Crippen LogP contribution in [-0.2, 0) is 0 Å². The fourth-order valence-corrected chi connectivity index (χ4v) is 2.10. The third kappa shape index (κ3) is 3.06. The summed E-state index contributed by atoms with van der Waals surface area (Å²) in [6.45, 7) is 1.82. The zero-order valence-electron chi connectivity index (χ0n) is 9.41. The van der Waals surface area contributed by atoms with Gasteiger partial charge in [0.2, 0.25) is 5.95 Å². The van der Waals surface area contributed by atoms with Crippen LogP contribution < -0.4 is 5.32 Å². The summed E-state index contributed by atoms with van der Waals surface area (Å²) >= 11 is 6.84. The molecule has 0 saturated heterocycles. The second-order valence-corrected chi connectivity index (χ2v) is 5.35. The van der Waals surface area contributed by atoms with Gasteiger partial charge in [-0.2, -0.15) is 5.26 Å². The highest BCUT2D eigenvalue weighted by molar-refractivity contribution is 9.11. The van der Waals surface area contributed by atoms with Crippen molar-refractivity contribution in [1.29, 1.82) is 5.26 Å². The number of benzene rings is 1. The maximum atomic E-state index is 8.87. The van der Waals surface area contributed by atoms with Crippen molar-refractivity contribution in [2.45, 2.75) is 6.92 Å². The molecule has 0 fully saturated rings. The van der Waals surface area contributed by atoms with Gasteiger partial charge in [0.1, 0.15) is 11.8 Å². The van der Waals surface area contributed by atoms with Crippen molar-refractivity contribution < 1.29 is 0 Å². The Morgan fingerprint density at radius 1 is 1.22 bits per heavy atom. The highest BCUT2D eigenvalue weighted by atomic mass is 79.9. The average Bonchev–Trinajstić information content (AvgIpc) is 2.33. The third-order valence-corrected chi connectivity index (χ3v) is 3.33. The Kier molecular flexibility index (Phi) is 3.94. The number of halogens is 2. The highest BCUT2D eigenvalue weighted by Gasteiger charge is 2.05. The Morgan fingerprint density at radius 3 is 2.72 bits per heavy atom. The van der Waals surface area contributed by atoms with Crippen LogP contribution in [0.5, 0.6) is 0 Å². The van der Waals surface area contributed by atoms with Crippen LogP contribution in [-0.4, -0.2) is 9.97 Å². The minimum Gasteiger partial charge on any atom is -0.323 e. The Morgan fingerprint density at radius 2 is 2.00 bits per heavy atom. The van der Waals surface area contributed by atoms with Gasteiger partial charge in [-0.1, -0.05) is 15.9 Å². The van der Waals surface area contributed by atoms with Gasteiger partial charge in [-0.05, 0) is 47.1 Å². The van der Waals surface area contributed by atoms with E-state index in [4.69, 9.17) is 5.26 Å². The Hall–Kier alpha value is -1.45. The van der Waals surface area contributed by atoms with Crippen molar-refractivity contribution in [2.75, 3.05) is 5.32 Å². The van der Waals surface area contributed by atoms with E-state index in [1.165, 1.54) is 0 Å². The molecule has 0 radical (unpaired) electrons. The number of nitrogens with one attached hydrogen (secondary N) is 1. The molecule has 0 spiro atoms. The lowest BCUT2D eigenvalue weighted by Crippen LogP contribution is -2.00. The molecule has 2 rings (SSSR count). The molecule has 1 N–H and O–H groups in total. The van der Waals surface area contributed by atoms with E-state index in [2.05, 4.69) is 47.1 Å². The van der Waals surface area contributed by atoms with Gasteiger partial charge < -0.3 is 5.32 Å². The van der Waals surface area contributed by atoms with Gasteiger partial charge in [0.25, 0.3) is 0 Å². The molecular weight excluding hydrogens is 360 g/mol. The lowest BCUT2D eigenvalue weighted by atomic mass is 10.3. The molecule has 18 heavy (non-hydrogen) atoms. The Bertz CT molecular complexity index is 634. The summed E-state index contributed by atoms with van der Waals surface area (Å²) in [6, 6.07) is 9.39. The molecule has 1 heterocycles. The second-order valence-electron chi connectivity index (χ2n) is 3.58. The van der Waals surface area contributed by atoms with Crippen LogP contribution in [0.1, 0.15) is 11.4 Å². The fourth-order valence-electron chi connectivity index (χ4n) is 1.40. The topological polar surface area (TPSA) is 61.6 Å². The number of anilines is 2. The van der Waals surface area contributed by atoms with Crippen molar-refractivity contribution in [3.63, 3.8) is 0 Å². The molecule has 0 saturated carbocycles. The van der Waals surface area contributed by atoms with Gasteiger partial charge in [0.15, 0.2) is 0 Å². The van der Waals surface area contributed by atoms with E-state index in [0.717, 1.165) is 20.3 Å². The SMILES string of the molecule is Cc1cc(C#N)nc(Nc2cc(Br)ccc2Br)n1. The van der Waals surface area contributed by atoms with Crippen molar-refractivity contribution in [3.8, 4) is 6.07 Å². The molecule has 6 heteroatoms. The minimum absolute atomic E-state index is 0.344. The molecule has 0 bridgehead atoms. The highest BCUT2D eigenvalue weighted by Crippen LogP contribution is 2.28. The predicted molar refractivity (Wildman–Crippen MR) is 76.6 cm³/mol. The van der Waals surface area contributed by atoms with Gasteiger partial charge in [0, 0.05) is 14.6 Å². The Balaban J connectivity index is 2.37. The summed E-state index contributed by atoms with van der Waals surface area (Å²) < 4.78 is 1.84. The van der Waals surface area contributed by atoms with Crippen LogP contribution in [0.3, 0.4) is 0 Å². The zero-order chi connectivity index (χ0) is 13.1. The molecule has 90 valence electrons. The summed E-state index contributed by atoms with van der Waals surface area (Å²) in [5.74, 6) is 0.408. The lowest BCUT2D eigenvalue weighted by molar-refractivity contribution is 1.09. The van der Waals surface area contributed by atoms with E-state index in [1.807, 2.05) is 31.2 Å². The van der Waals surface area contributed by atoms with Gasteiger partial charge in [-0.3, -0.25) is 0 Å². The molecular formula is C12H8Br2N4. The van der Waals surface area contributed by atoms with Gasteiger partial charge in [-0.15, -0.1) is 0 Å². The first-order chi connectivity index (χ1) is 8.58. The molecule has 0 aliphatic rings. The molecule has 0 amide bonds.